The van der Waals surface area contributed by atoms with Crippen molar-refractivity contribution in [3.63, 3.8) is 0 Å². The molecule has 0 bridgehead atoms. The number of nitrogens with two attached hydrogens (primary N) is 1. The SMILES string of the molecule is NCC(O)Cc1ccc(F)nc1. The van der Waals surface area contributed by atoms with Crippen LogP contribution in [0.5, 0.6) is 0 Å². The predicted octanol–water partition coefficient (Wildman–Crippen LogP) is 0.0828. The first-order chi connectivity index (χ1) is 5.72. The van der Waals surface area contributed by atoms with Crippen LogP contribution >= 0.6 is 0 Å². The summed E-state index contributed by atoms with van der Waals surface area (Å²) in [5.74, 6) is -0.513. The van der Waals surface area contributed by atoms with E-state index in [0.717, 1.165) is 5.56 Å². The Morgan fingerprint density at radius 1 is 1.58 bits per heavy atom. The fourth-order valence-electron chi connectivity index (χ4n) is 0.883. The van der Waals surface area contributed by atoms with Crippen molar-refractivity contribution in [3.05, 3.63) is 29.8 Å². The molecule has 0 aliphatic rings. The van der Waals surface area contributed by atoms with Gasteiger partial charge in [-0.3, -0.25) is 0 Å². The van der Waals surface area contributed by atoms with Gasteiger partial charge in [-0.05, 0) is 11.6 Å². The number of aliphatic hydroxyl groups is 1. The van der Waals surface area contributed by atoms with Crippen molar-refractivity contribution in [2.75, 3.05) is 6.54 Å². The number of hydrogen-bond acceptors (Lipinski definition) is 3. The average molecular weight is 170 g/mol. The lowest BCUT2D eigenvalue weighted by atomic mass is 10.1. The maximum atomic E-state index is 12.3. The fraction of sp³-hybridized carbons (Fsp3) is 0.375. The molecule has 0 spiro atoms. The quantitative estimate of drug-likeness (QED) is 0.632. The van der Waals surface area contributed by atoms with Crippen molar-refractivity contribution < 1.29 is 9.50 Å². The molecule has 1 heterocycles. The van der Waals surface area contributed by atoms with Gasteiger partial charge in [0.2, 0.25) is 5.95 Å². The molecule has 1 atom stereocenters. The fourth-order valence-corrected chi connectivity index (χ4v) is 0.883. The molecule has 0 amide bonds. The topological polar surface area (TPSA) is 59.1 Å². The standard InChI is InChI=1S/C8H11FN2O/c9-8-2-1-6(5-11-8)3-7(12)4-10/h1-2,5,7,12H,3-4,10H2. The Bertz CT molecular complexity index is 237. The molecule has 0 aliphatic heterocycles. The number of aliphatic hydroxyl groups excluding tert-OH is 1. The van der Waals surface area contributed by atoms with Crippen LogP contribution < -0.4 is 5.73 Å². The summed E-state index contributed by atoms with van der Waals surface area (Å²) in [7, 11) is 0. The van der Waals surface area contributed by atoms with Crippen molar-refractivity contribution in [1.29, 1.82) is 0 Å². The Labute approximate surface area is 70.0 Å². The Kier molecular flexibility index (Phi) is 3.13. The summed E-state index contributed by atoms with van der Waals surface area (Å²) >= 11 is 0. The molecule has 0 fully saturated rings. The second kappa shape index (κ2) is 4.13. The van der Waals surface area contributed by atoms with E-state index in [-0.39, 0.29) is 6.54 Å². The Balaban J connectivity index is 2.58. The molecule has 0 saturated heterocycles. The van der Waals surface area contributed by atoms with E-state index in [0.29, 0.717) is 6.42 Å². The van der Waals surface area contributed by atoms with Gasteiger partial charge in [0, 0.05) is 19.2 Å². The van der Waals surface area contributed by atoms with Gasteiger partial charge in [-0.1, -0.05) is 6.07 Å². The molecule has 1 aromatic rings. The van der Waals surface area contributed by atoms with Crippen LogP contribution in [0.25, 0.3) is 0 Å². The normalized spacial score (nSPS) is 12.9. The molecule has 12 heavy (non-hydrogen) atoms. The van der Waals surface area contributed by atoms with E-state index in [1.54, 1.807) is 6.07 Å². The summed E-state index contributed by atoms with van der Waals surface area (Å²) in [6.07, 6.45) is 1.25. The highest BCUT2D eigenvalue weighted by atomic mass is 19.1. The molecule has 0 aliphatic carbocycles. The molecule has 0 saturated carbocycles. The Morgan fingerprint density at radius 2 is 2.33 bits per heavy atom. The molecule has 0 radical (unpaired) electrons. The predicted molar refractivity (Wildman–Crippen MR) is 43.0 cm³/mol. The van der Waals surface area contributed by atoms with Gasteiger partial charge in [0.05, 0.1) is 6.10 Å². The third-order valence-corrected chi connectivity index (χ3v) is 1.53. The second-order valence-corrected chi connectivity index (χ2v) is 2.58. The van der Waals surface area contributed by atoms with E-state index in [2.05, 4.69) is 4.98 Å². The number of rotatable bonds is 3. The van der Waals surface area contributed by atoms with Gasteiger partial charge in [0.15, 0.2) is 0 Å². The van der Waals surface area contributed by atoms with E-state index in [1.165, 1.54) is 12.3 Å². The number of halogens is 1. The van der Waals surface area contributed by atoms with Gasteiger partial charge in [0.25, 0.3) is 0 Å². The van der Waals surface area contributed by atoms with E-state index in [9.17, 15) is 4.39 Å². The highest BCUT2D eigenvalue weighted by molar-refractivity contribution is 5.10. The van der Waals surface area contributed by atoms with Gasteiger partial charge in [-0.25, -0.2) is 4.98 Å². The van der Waals surface area contributed by atoms with Crippen LogP contribution in [0, 0.1) is 5.95 Å². The van der Waals surface area contributed by atoms with Crippen molar-refractivity contribution in [2.24, 2.45) is 5.73 Å². The smallest absolute Gasteiger partial charge is 0.212 e. The lowest BCUT2D eigenvalue weighted by Gasteiger charge is -2.05. The van der Waals surface area contributed by atoms with Crippen LogP contribution in [0.4, 0.5) is 4.39 Å². The summed E-state index contributed by atoms with van der Waals surface area (Å²) in [6.45, 7) is 0.206. The number of hydrogen-bond donors (Lipinski definition) is 2. The highest BCUT2D eigenvalue weighted by Crippen LogP contribution is 2.01. The Hall–Kier alpha value is -1.00. The van der Waals surface area contributed by atoms with Crippen molar-refractivity contribution >= 4 is 0 Å². The number of pyridine rings is 1. The highest BCUT2D eigenvalue weighted by Gasteiger charge is 2.02. The zero-order valence-electron chi connectivity index (χ0n) is 6.57. The molecule has 3 nitrogen and oxygen atoms in total. The summed E-state index contributed by atoms with van der Waals surface area (Å²) < 4.78 is 12.3. The number of aromatic nitrogens is 1. The van der Waals surface area contributed by atoms with Crippen molar-refractivity contribution in [2.45, 2.75) is 12.5 Å². The van der Waals surface area contributed by atoms with Gasteiger partial charge >= 0.3 is 0 Å². The van der Waals surface area contributed by atoms with Gasteiger partial charge in [-0.2, -0.15) is 4.39 Å². The lowest BCUT2D eigenvalue weighted by Crippen LogP contribution is -2.22. The van der Waals surface area contributed by atoms with Crippen LogP contribution in [-0.4, -0.2) is 22.7 Å². The minimum absolute atomic E-state index is 0.206. The van der Waals surface area contributed by atoms with Crippen molar-refractivity contribution in [1.82, 2.24) is 4.98 Å². The first kappa shape index (κ1) is 9.09. The minimum Gasteiger partial charge on any atom is -0.391 e. The van der Waals surface area contributed by atoms with Gasteiger partial charge in [0.1, 0.15) is 0 Å². The zero-order chi connectivity index (χ0) is 8.97. The molecular weight excluding hydrogens is 159 g/mol. The summed E-state index contributed by atoms with van der Waals surface area (Å²) in [4.78, 5) is 3.45. The molecule has 66 valence electrons. The number of nitrogens with zero attached hydrogens (tertiary/aromatic N) is 1. The molecule has 1 unspecified atom stereocenters. The lowest BCUT2D eigenvalue weighted by molar-refractivity contribution is 0.183. The van der Waals surface area contributed by atoms with Crippen LogP contribution in [-0.2, 0) is 6.42 Å². The largest absolute Gasteiger partial charge is 0.391 e. The molecule has 0 aromatic carbocycles. The third-order valence-electron chi connectivity index (χ3n) is 1.53. The van der Waals surface area contributed by atoms with E-state index < -0.39 is 12.1 Å². The van der Waals surface area contributed by atoms with Gasteiger partial charge < -0.3 is 10.8 Å². The summed E-state index contributed by atoms with van der Waals surface area (Å²) in [5, 5.41) is 9.13. The molecular formula is C8H11FN2O. The second-order valence-electron chi connectivity index (χ2n) is 2.58. The van der Waals surface area contributed by atoms with Gasteiger partial charge in [-0.15, -0.1) is 0 Å². The van der Waals surface area contributed by atoms with E-state index >= 15 is 0 Å². The van der Waals surface area contributed by atoms with Crippen LogP contribution in [0.2, 0.25) is 0 Å². The minimum atomic E-state index is -0.572. The van der Waals surface area contributed by atoms with E-state index in [1.807, 2.05) is 0 Å². The first-order valence-corrected chi connectivity index (χ1v) is 3.71. The first-order valence-electron chi connectivity index (χ1n) is 3.71. The van der Waals surface area contributed by atoms with E-state index in [4.69, 9.17) is 10.8 Å². The molecule has 3 N–H and O–H groups in total. The zero-order valence-corrected chi connectivity index (χ0v) is 6.57. The average Bonchev–Trinajstić information content (AvgIpc) is 2.09. The van der Waals surface area contributed by atoms with Crippen molar-refractivity contribution in [3.8, 4) is 0 Å². The maximum Gasteiger partial charge on any atom is 0.212 e. The van der Waals surface area contributed by atoms with Crippen LogP contribution in [0.15, 0.2) is 18.3 Å². The molecule has 4 heteroatoms. The molecule has 1 rings (SSSR count). The summed E-state index contributed by atoms with van der Waals surface area (Å²) in [6, 6.07) is 2.85. The third kappa shape index (κ3) is 2.56. The monoisotopic (exact) mass is 170 g/mol. The summed E-state index contributed by atoms with van der Waals surface area (Å²) in [5.41, 5.74) is 5.99. The maximum absolute atomic E-state index is 12.3. The van der Waals surface area contributed by atoms with Crippen LogP contribution in [0.3, 0.4) is 0 Å². The Morgan fingerprint density at radius 3 is 2.83 bits per heavy atom. The van der Waals surface area contributed by atoms with Crippen LogP contribution in [0.1, 0.15) is 5.56 Å². The molecule has 1 aromatic heterocycles.